The summed E-state index contributed by atoms with van der Waals surface area (Å²) in [6, 6.07) is 14.5. The highest BCUT2D eigenvalue weighted by Gasteiger charge is 2.08. The lowest BCUT2D eigenvalue weighted by Crippen LogP contribution is -2.19. The lowest BCUT2D eigenvalue weighted by atomic mass is 10.1. The number of nitrogens with zero attached hydrogens (tertiary/aromatic N) is 1. The number of amides is 2. The average Bonchev–Trinajstić information content (AvgIpc) is 2.55. The monoisotopic (exact) mass is 323 g/mol. The van der Waals surface area contributed by atoms with Gasteiger partial charge in [0.2, 0.25) is 5.91 Å². The molecular weight excluding hydrogens is 302 g/mol. The number of nitrogens with one attached hydrogen (secondary N) is 2. The van der Waals surface area contributed by atoms with Gasteiger partial charge in [-0.25, -0.2) is 5.43 Å². The number of aryl methyl sites for hydroxylation is 1. The van der Waals surface area contributed by atoms with Crippen molar-refractivity contribution in [2.75, 3.05) is 5.32 Å². The van der Waals surface area contributed by atoms with E-state index >= 15 is 0 Å². The van der Waals surface area contributed by atoms with Crippen LogP contribution in [0.5, 0.6) is 0 Å². The van der Waals surface area contributed by atoms with Crippen LogP contribution in [0.3, 0.4) is 0 Å². The molecule has 5 heteroatoms. The molecule has 0 aliphatic rings. The van der Waals surface area contributed by atoms with Gasteiger partial charge in [-0.1, -0.05) is 43.7 Å². The summed E-state index contributed by atoms with van der Waals surface area (Å²) in [4.78, 5) is 23.7. The summed E-state index contributed by atoms with van der Waals surface area (Å²) >= 11 is 0. The summed E-state index contributed by atoms with van der Waals surface area (Å²) in [5.41, 5.74) is 5.67. The molecule has 0 fully saturated rings. The standard InChI is InChI=1S/C19H21N3O2/c1-13(2)18(23)21-17-9-7-16(8-10-17)19(24)22-20-12-15-6-4-5-14(3)11-15/h4-13H,1-3H3,(H,21,23)(H,22,24). The third-order valence-corrected chi connectivity index (χ3v) is 3.36. The SMILES string of the molecule is Cc1cccc(C=NNC(=O)c2ccc(NC(=O)C(C)C)cc2)c1. The van der Waals surface area contributed by atoms with E-state index in [4.69, 9.17) is 0 Å². The molecule has 5 nitrogen and oxygen atoms in total. The molecule has 0 aliphatic carbocycles. The fraction of sp³-hybridized carbons (Fsp3) is 0.211. The summed E-state index contributed by atoms with van der Waals surface area (Å²) in [5.74, 6) is -0.459. The Morgan fingerprint density at radius 1 is 1.08 bits per heavy atom. The highest BCUT2D eigenvalue weighted by molar-refractivity contribution is 5.96. The smallest absolute Gasteiger partial charge is 0.271 e. The minimum Gasteiger partial charge on any atom is -0.326 e. The van der Waals surface area contributed by atoms with Crippen molar-refractivity contribution in [1.29, 1.82) is 0 Å². The van der Waals surface area contributed by atoms with Crippen LogP contribution in [0, 0.1) is 12.8 Å². The maximum atomic E-state index is 12.0. The van der Waals surface area contributed by atoms with Crippen molar-refractivity contribution in [2.24, 2.45) is 11.0 Å². The fourth-order valence-corrected chi connectivity index (χ4v) is 1.97. The van der Waals surface area contributed by atoms with Gasteiger partial charge < -0.3 is 5.32 Å². The van der Waals surface area contributed by atoms with E-state index < -0.39 is 0 Å². The summed E-state index contributed by atoms with van der Waals surface area (Å²) < 4.78 is 0. The van der Waals surface area contributed by atoms with Gasteiger partial charge in [-0.05, 0) is 36.8 Å². The van der Waals surface area contributed by atoms with Crippen molar-refractivity contribution < 1.29 is 9.59 Å². The molecule has 0 aromatic heterocycles. The van der Waals surface area contributed by atoms with Gasteiger partial charge in [-0.3, -0.25) is 9.59 Å². The molecule has 0 bridgehead atoms. The van der Waals surface area contributed by atoms with Gasteiger partial charge in [0.05, 0.1) is 6.21 Å². The van der Waals surface area contributed by atoms with E-state index in [9.17, 15) is 9.59 Å². The van der Waals surface area contributed by atoms with Crippen molar-refractivity contribution in [1.82, 2.24) is 5.43 Å². The molecule has 0 radical (unpaired) electrons. The molecule has 24 heavy (non-hydrogen) atoms. The molecule has 2 aromatic rings. The number of anilines is 1. The average molecular weight is 323 g/mol. The summed E-state index contributed by atoms with van der Waals surface area (Å²) in [6.45, 7) is 5.64. The van der Waals surface area contributed by atoms with E-state index in [1.165, 1.54) is 0 Å². The number of hydrogen-bond donors (Lipinski definition) is 2. The van der Waals surface area contributed by atoms with E-state index in [-0.39, 0.29) is 17.7 Å². The molecule has 0 saturated heterocycles. The lowest BCUT2D eigenvalue weighted by Gasteiger charge is -2.08. The van der Waals surface area contributed by atoms with Crippen LogP contribution in [-0.4, -0.2) is 18.0 Å². The van der Waals surface area contributed by atoms with Crippen LogP contribution in [-0.2, 0) is 4.79 Å². The van der Waals surface area contributed by atoms with E-state index in [1.54, 1.807) is 30.5 Å². The van der Waals surface area contributed by atoms with Gasteiger partial charge in [0.25, 0.3) is 5.91 Å². The molecule has 0 atom stereocenters. The zero-order valence-electron chi connectivity index (χ0n) is 14.0. The maximum absolute atomic E-state index is 12.0. The van der Waals surface area contributed by atoms with Crippen LogP contribution in [0.15, 0.2) is 53.6 Å². The van der Waals surface area contributed by atoms with Crippen LogP contribution in [0.4, 0.5) is 5.69 Å². The van der Waals surface area contributed by atoms with Gasteiger partial charge >= 0.3 is 0 Å². The zero-order chi connectivity index (χ0) is 17.5. The minimum absolute atomic E-state index is 0.0602. The first-order valence-electron chi connectivity index (χ1n) is 7.76. The second-order valence-electron chi connectivity index (χ2n) is 5.83. The van der Waals surface area contributed by atoms with Gasteiger partial charge in [0.15, 0.2) is 0 Å². The van der Waals surface area contributed by atoms with Crippen molar-refractivity contribution in [3.05, 3.63) is 65.2 Å². The fourth-order valence-electron chi connectivity index (χ4n) is 1.97. The molecule has 0 heterocycles. The number of carbonyl (C=O) groups excluding carboxylic acids is 2. The van der Waals surface area contributed by atoms with E-state index in [0.717, 1.165) is 11.1 Å². The molecule has 0 saturated carbocycles. The predicted octanol–water partition coefficient (Wildman–Crippen LogP) is 3.35. The number of benzene rings is 2. The predicted molar refractivity (Wildman–Crippen MR) is 96.1 cm³/mol. The van der Waals surface area contributed by atoms with Gasteiger partial charge in [0, 0.05) is 17.2 Å². The third kappa shape index (κ3) is 5.05. The summed E-state index contributed by atoms with van der Waals surface area (Å²) in [5, 5.41) is 6.74. The Morgan fingerprint density at radius 2 is 1.79 bits per heavy atom. The van der Waals surface area contributed by atoms with Crippen LogP contribution < -0.4 is 10.7 Å². The van der Waals surface area contributed by atoms with E-state index in [2.05, 4.69) is 15.8 Å². The Morgan fingerprint density at radius 3 is 2.42 bits per heavy atom. The van der Waals surface area contributed by atoms with Gasteiger partial charge in [-0.2, -0.15) is 5.10 Å². The summed E-state index contributed by atoms with van der Waals surface area (Å²) in [7, 11) is 0. The largest absolute Gasteiger partial charge is 0.326 e. The quantitative estimate of drug-likeness (QED) is 0.654. The topological polar surface area (TPSA) is 70.6 Å². The molecule has 0 unspecified atom stereocenters. The molecular formula is C19H21N3O2. The highest BCUT2D eigenvalue weighted by Crippen LogP contribution is 2.11. The number of hydrogen-bond acceptors (Lipinski definition) is 3. The molecule has 124 valence electrons. The maximum Gasteiger partial charge on any atom is 0.271 e. The van der Waals surface area contributed by atoms with E-state index in [1.807, 2.05) is 45.0 Å². The molecule has 2 amide bonds. The summed E-state index contributed by atoms with van der Waals surface area (Å²) in [6.07, 6.45) is 1.60. The second-order valence-corrected chi connectivity index (χ2v) is 5.83. The van der Waals surface area contributed by atoms with Crippen molar-refractivity contribution in [2.45, 2.75) is 20.8 Å². The molecule has 2 rings (SSSR count). The lowest BCUT2D eigenvalue weighted by molar-refractivity contribution is -0.118. The molecule has 2 aromatic carbocycles. The van der Waals surface area contributed by atoms with Crippen molar-refractivity contribution in [3.63, 3.8) is 0 Å². The van der Waals surface area contributed by atoms with Crippen molar-refractivity contribution >= 4 is 23.7 Å². The first kappa shape index (κ1) is 17.4. The van der Waals surface area contributed by atoms with Crippen LogP contribution in [0.1, 0.15) is 35.3 Å². The Balaban J connectivity index is 1.94. The normalized spacial score (nSPS) is 10.8. The first-order valence-corrected chi connectivity index (χ1v) is 7.76. The molecule has 0 aliphatic heterocycles. The van der Waals surface area contributed by atoms with Gasteiger partial charge in [-0.15, -0.1) is 0 Å². The number of rotatable bonds is 5. The number of carbonyl (C=O) groups is 2. The Kier molecular flexibility index (Phi) is 5.84. The van der Waals surface area contributed by atoms with Crippen LogP contribution in [0.25, 0.3) is 0 Å². The van der Waals surface area contributed by atoms with Crippen LogP contribution in [0.2, 0.25) is 0 Å². The van der Waals surface area contributed by atoms with Gasteiger partial charge in [0.1, 0.15) is 0 Å². The number of hydrazone groups is 1. The third-order valence-electron chi connectivity index (χ3n) is 3.36. The Bertz CT molecular complexity index is 749. The first-order chi connectivity index (χ1) is 11.5. The highest BCUT2D eigenvalue weighted by atomic mass is 16.2. The molecule has 2 N–H and O–H groups in total. The van der Waals surface area contributed by atoms with Crippen LogP contribution >= 0.6 is 0 Å². The van der Waals surface area contributed by atoms with E-state index in [0.29, 0.717) is 11.3 Å². The Hall–Kier alpha value is -2.95. The zero-order valence-corrected chi connectivity index (χ0v) is 14.0. The molecule has 0 spiro atoms. The second kappa shape index (κ2) is 8.06. The Labute approximate surface area is 141 Å². The minimum atomic E-state index is -0.305. The van der Waals surface area contributed by atoms with Crippen molar-refractivity contribution in [3.8, 4) is 0 Å².